The van der Waals surface area contributed by atoms with E-state index < -0.39 is 6.10 Å². The van der Waals surface area contributed by atoms with Gasteiger partial charge in [0.2, 0.25) is 0 Å². The second kappa shape index (κ2) is 34.6. The van der Waals surface area contributed by atoms with E-state index in [1.54, 1.807) is 0 Å². The molecule has 0 aliphatic carbocycles. The third-order valence-electron chi connectivity index (χ3n) is 7.14. The molecular weight excluding hydrogens is 508 g/mol. The number of hydrogen-bond acceptors (Lipinski definition) is 4. The first-order valence-corrected chi connectivity index (χ1v) is 17.2. The first-order valence-electron chi connectivity index (χ1n) is 17.2. The van der Waals surface area contributed by atoms with Gasteiger partial charge in [-0.15, -0.1) is 0 Å². The Bertz CT molecular complexity index is 649. The minimum Gasteiger partial charge on any atom is -0.457 e. The van der Waals surface area contributed by atoms with E-state index in [0.717, 1.165) is 57.8 Å². The van der Waals surface area contributed by atoms with E-state index in [-0.39, 0.29) is 19.2 Å². The van der Waals surface area contributed by atoms with Gasteiger partial charge in [0.25, 0.3) is 0 Å². The Morgan fingerprint density at radius 2 is 1.10 bits per heavy atom. The second-order valence-corrected chi connectivity index (χ2v) is 11.2. The number of carbonyl (C=O) groups excluding carboxylic acids is 1. The van der Waals surface area contributed by atoms with Crippen LogP contribution in [0.3, 0.4) is 0 Å². The summed E-state index contributed by atoms with van der Waals surface area (Å²) in [6.45, 7) is 5.16. The number of esters is 1. The van der Waals surface area contributed by atoms with Gasteiger partial charge in [0.15, 0.2) is 0 Å². The Hall–Kier alpha value is -1.65. The molecule has 0 fully saturated rings. The Morgan fingerprint density at radius 3 is 1.68 bits per heavy atom. The van der Waals surface area contributed by atoms with Crippen molar-refractivity contribution in [3.8, 4) is 0 Å². The summed E-state index contributed by atoms with van der Waals surface area (Å²) < 4.78 is 11.1. The van der Waals surface area contributed by atoms with E-state index >= 15 is 0 Å². The summed E-state index contributed by atoms with van der Waals surface area (Å²) in [7, 11) is 0. The Balaban J connectivity index is 3.52. The van der Waals surface area contributed by atoms with Gasteiger partial charge in [0.1, 0.15) is 6.10 Å². The molecule has 0 saturated carbocycles. The number of aliphatic hydroxyl groups excluding tert-OH is 1. The summed E-state index contributed by atoms with van der Waals surface area (Å²) in [6.07, 6.45) is 42.9. The number of hydrogen-bond donors (Lipinski definition) is 1. The van der Waals surface area contributed by atoms with Crippen molar-refractivity contribution in [2.45, 2.75) is 161 Å². The molecule has 0 saturated heterocycles. The number of allylic oxidation sites excluding steroid dienone is 8. The zero-order valence-corrected chi connectivity index (χ0v) is 27.0. The zero-order chi connectivity index (χ0) is 29.9. The molecule has 0 spiro atoms. The summed E-state index contributed by atoms with van der Waals surface area (Å²) in [5, 5.41) is 9.53. The van der Waals surface area contributed by atoms with Crippen LogP contribution in [0.2, 0.25) is 0 Å². The monoisotopic (exact) mass is 574 g/mol. The molecule has 0 aromatic heterocycles. The van der Waals surface area contributed by atoms with Crippen molar-refractivity contribution in [3.05, 3.63) is 48.6 Å². The lowest BCUT2D eigenvalue weighted by atomic mass is 10.1. The summed E-state index contributed by atoms with van der Waals surface area (Å²) in [5.74, 6) is -0.220. The average molecular weight is 575 g/mol. The van der Waals surface area contributed by atoms with E-state index in [4.69, 9.17) is 9.47 Å². The Kier molecular flexibility index (Phi) is 33.2. The Morgan fingerprint density at radius 1 is 0.610 bits per heavy atom. The first-order chi connectivity index (χ1) is 20.2. The van der Waals surface area contributed by atoms with Crippen molar-refractivity contribution in [1.29, 1.82) is 0 Å². The van der Waals surface area contributed by atoms with Crippen LogP contribution in [0.15, 0.2) is 48.6 Å². The molecular formula is C37H66O4. The summed E-state index contributed by atoms with van der Waals surface area (Å²) in [4.78, 5) is 12.1. The molecule has 1 atom stereocenters. The SMILES string of the molecule is CC/C=C\C/C=C\C/C=C\CCCCCCOCC(CO)OC(=O)CCCCCCC/C=C\CCCCCCCC. The third kappa shape index (κ3) is 32.7. The minimum absolute atomic E-state index is 0.185. The standard InChI is InChI=1S/C37H66O4/c1-3-5-7-9-11-13-15-17-19-20-22-24-26-28-30-32-37(39)41-36(34-38)35-40-33-31-29-27-25-23-21-18-16-14-12-10-8-6-4-2/h6,8,12,14,17-19,21,36,38H,3-5,7,9-11,13,15-16,20,22-35H2,1-2H3/b8-6-,14-12-,19-17-,21-18-. The van der Waals surface area contributed by atoms with Gasteiger partial charge in [-0.05, 0) is 70.6 Å². The van der Waals surface area contributed by atoms with Gasteiger partial charge in [-0.25, -0.2) is 0 Å². The normalized spacial score (nSPS) is 13.0. The maximum absolute atomic E-state index is 12.1. The molecule has 0 aromatic rings. The van der Waals surface area contributed by atoms with E-state index in [1.807, 2.05) is 0 Å². The smallest absolute Gasteiger partial charge is 0.306 e. The lowest BCUT2D eigenvalue weighted by molar-refractivity contribution is -0.154. The Labute approximate surface area is 254 Å². The number of rotatable bonds is 31. The van der Waals surface area contributed by atoms with Crippen LogP contribution in [0.1, 0.15) is 155 Å². The number of unbranched alkanes of at least 4 members (excludes halogenated alkanes) is 15. The van der Waals surface area contributed by atoms with Gasteiger partial charge in [-0.3, -0.25) is 4.79 Å². The highest BCUT2D eigenvalue weighted by Gasteiger charge is 2.13. The predicted octanol–water partition coefficient (Wildman–Crippen LogP) is 10.8. The van der Waals surface area contributed by atoms with Gasteiger partial charge in [-0.2, -0.15) is 0 Å². The van der Waals surface area contributed by atoms with Gasteiger partial charge < -0.3 is 14.6 Å². The van der Waals surface area contributed by atoms with Crippen molar-refractivity contribution in [2.24, 2.45) is 0 Å². The first kappa shape index (κ1) is 39.4. The molecule has 0 rings (SSSR count). The van der Waals surface area contributed by atoms with Gasteiger partial charge in [0, 0.05) is 13.0 Å². The summed E-state index contributed by atoms with van der Waals surface area (Å²) in [5.41, 5.74) is 0. The highest BCUT2D eigenvalue weighted by atomic mass is 16.6. The van der Waals surface area contributed by atoms with Crippen LogP contribution in [0.4, 0.5) is 0 Å². The summed E-state index contributed by atoms with van der Waals surface area (Å²) in [6, 6.07) is 0. The van der Waals surface area contributed by atoms with Crippen LogP contribution in [0.5, 0.6) is 0 Å². The molecule has 1 N–H and O–H groups in total. The molecule has 0 aromatic carbocycles. The quantitative estimate of drug-likeness (QED) is 0.0508. The average Bonchev–Trinajstić information content (AvgIpc) is 2.98. The van der Waals surface area contributed by atoms with Crippen molar-refractivity contribution in [2.75, 3.05) is 19.8 Å². The van der Waals surface area contributed by atoms with Gasteiger partial charge in [-0.1, -0.05) is 127 Å². The second-order valence-electron chi connectivity index (χ2n) is 11.2. The number of ether oxygens (including phenoxy) is 2. The molecule has 4 nitrogen and oxygen atoms in total. The van der Waals surface area contributed by atoms with Crippen LogP contribution < -0.4 is 0 Å². The lowest BCUT2D eigenvalue weighted by Crippen LogP contribution is -2.27. The molecule has 238 valence electrons. The van der Waals surface area contributed by atoms with Crippen molar-refractivity contribution in [3.63, 3.8) is 0 Å². The fraction of sp³-hybridized carbons (Fsp3) is 0.757. The van der Waals surface area contributed by atoms with E-state index in [2.05, 4.69) is 62.5 Å². The maximum Gasteiger partial charge on any atom is 0.306 e. The predicted molar refractivity (Wildman–Crippen MR) is 177 cm³/mol. The molecule has 4 heteroatoms. The molecule has 0 bridgehead atoms. The van der Waals surface area contributed by atoms with Crippen molar-refractivity contribution >= 4 is 5.97 Å². The van der Waals surface area contributed by atoms with Gasteiger partial charge in [0.05, 0.1) is 13.2 Å². The lowest BCUT2D eigenvalue weighted by Gasteiger charge is -2.15. The highest BCUT2D eigenvalue weighted by molar-refractivity contribution is 5.69. The summed E-state index contributed by atoms with van der Waals surface area (Å²) >= 11 is 0. The molecule has 0 heterocycles. The molecule has 0 radical (unpaired) electrons. The highest BCUT2D eigenvalue weighted by Crippen LogP contribution is 2.11. The molecule has 0 amide bonds. The fourth-order valence-electron chi connectivity index (χ4n) is 4.57. The van der Waals surface area contributed by atoms with Crippen LogP contribution in [0.25, 0.3) is 0 Å². The number of carbonyl (C=O) groups is 1. The largest absolute Gasteiger partial charge is 0.457 e. The van der Waals surface area contributed by atoms with Crippen LogP contribution >= 0.6 is 0 Å². The van der Waals surface area contributed by atoms with Gasteiger partial charge >= 0.3 is 5.97 Å². The molecule has 41 heavy (non-hydrogen) atoms. The number of aliphatic hydroxyl groups is 1. The van der Waals surface area contributed by atoms with E-state index in [1.165, 1.54) is 77.0 Å². The molecule has 0 aliphatic heterocycles. The topological polar surface area (TPSA) is 55.8 Å². The van der Waals surface area contributed by atoms with Crippen molar-refractivity contribution < 1.29 is 19.4 Å². The van der Waals surface area contributed by atoms with Crippen molar-refractivity contribution in [1.82, 2.24) is 0 Å². The zero-order valence-electron chi connectivity index (χ0n) is 27.0. The molecule has 1 unspecified atom stereocenters. The van der Waals surface area contributed by atoms with Crippen LogP contribution in [-0.4, -0.2) is 37.0 Å². The van der Waals surface area contributed by atoms with Crippen LogP contribution in [-0.2, 0) is 14.3 Å². The minimum atomic E-state index is -0.549. The van der Waals surface area contributed by atoms with E-state index in [9.17, 15) is 9.90 Å². The van der Waals surface area contributed by atoms with E-state index in [0.29, 0.717) is 13.0 Å². The fourth-order valence-corrected chi connectivity index (χ4v) is 4.57. The van der Waals surface area contributed by atoms with Crippen LogP contribution in [0, 0.1) is 0 Å². The third-order valence-corrected chi connectivity index (χ3v) is 7.14. The molecule has 0 aliphatic rings. The maximum atomic E-state index is 12.1.